The molecule has 4 heterocycles. The summed E-state index contributed by atoms with van der Waals surface area (Å²) < 4.78 is 70.7. The molecular weight excluding hydrogens is 561 g/mol. The van der Waals surface area contributed by atoms with Gasteiger partial charge in [-0.2, -0.15) is 18.2 Å². The van der Waals surface area contributed by atoms with Crippen molar-refractivity contribution >= 4 is 22.6 Å². The number of Topliss-reactive ketones (excluding diaryl/α,β-unsaturated/α-hetero) is 1. The van der Waals surface area contributed by atoms with Crippen molar-refractivity contribution < 1.29 is 31.9 Å². The number of fused-ring (bicyclic) bond motifs is 1. The summed E-state index contributed by atoms with van der Waals surface area (Å²) in [5.74, 6) is -5.79. The van der Waals surface area contributed by atoms with Crippen LogP contribution in [0.1, 0.15) is 43.9 Å². The van der Waals surface area contributed by atoms with Gasteiger partial charge in [-0.25, -0.2) is 23.1 Å². The highest BCUT2D eigenvalue weighted by Crippen LogP contribution is 2.37. The SMILES string of the molecule is Cc1ccnc(C(C)C)c1-n1c(=O)nc(N2CCC(C(=O)C(F)(F)F)CC2)c2cc(F)c(-c3c(O)cccc3F)nc21. The summed E-state index contributed by atoms with van der Waals surface area (Å²) in [4.78, 5) is 40.0. The highest BCUT2D eigenvalue weighted by atomic mass is 19.4. The van der Waals surface area contributed by atoms with Crippen molar-refractivity contribution in [2.75, 3.05) is 18.0 Å². The molecule has 0 bridgehead atoms. The van der Waals surface area contributed by atoms with Crippen LogP contribution >= 0.6 is 0 Å². The maximum absolute atomic E-state index is 15.7. The van der Waals surface area contributed by atoms with E-state index < -0.39 is 52.2 Å². The quantitative estimate of drug-likeness (QED) is 0.303. The van der Waals surface area contributed by atoms with Crippen LogP contribution in [0.5, 0.6) is 5.75 Å². The minimum atomic E-state index is -4.96. The summed E-state index contributed by atoms with van der Waals surface area (Å²) in [6.07, 6.45) is -3.69. The maximum atomic E-state index is 15.7. The van der Waals surface area contributed by atoms with E-state index in [2.05, 4.69) is 15.0 Å². The molecule has 3 aromatic heterocycles. The molecule has 1 fully saturated rings. The number of pyridine rings is 2. The van der Waals surface area contributed by atoms with Crippen molar-refractivity contribution in [3.63, 3.8) is 0 Å². The van der Waals surface area contributed by atoms with E-state index in [4.69, 9.17) is 0 Å². The van der Waals surface area contributed by atoms with E-state index in [0.717, 1.165) is 16.7 Å². The number of phenols is 1. The predicted octanol–water partition coefficient (Wildman–Crippen LogP) is 5.61. The molecule has 8 nitrogen and oxygen atoms in total. The second kappa shape index (κ2) is 10.8. The van der Waals surface area contributed by atoms with Gasteiger partial charge >= 0.3 is 11.9 Å². The van der Waals surface area contributed by atoms with Gasteiger partial charge in [-0.05, 0) is 55.5 Å². The number of aromatic nitrogens is 4. The Labute approximate surface area is 236 Å². The first kappa shape index (κ1) is 29.1. The number of halogens is 5. The standard InChI is InChI=1S/C29H26F5N5O3/c1-14(2)22-24(15(3)7-10-35-22)39-27-17(13-19(31)23(36-27)21-18(30)5-4-6-20(21)40)26(37-28(39)42)38-11-8-16(9-12-38)25(41)29(32,33)34/h4-7,10,13-14,16,40H,8-9,11-12H2,1-3H3. The van der Waals surface area contributed by atoms with Crippen LogP contribution in [0.4, 0.5) is 27.8 Å². The minimum Gasteiger partial charge on any atom is -0.507 e. The van der Waals surface area contributed by atoms with Gasteiger partial charge in [0.25, 0.3) is 0 Å². The zero-order valence-electron chi connectivity index (χ0n) is 22.8. The Bertz CT molecular complexity index is 1740. The molecule has 0 radical (unpaired) electrons. The lowest BCUT2D eigenvalue weighted by Crippen LogP contribution is -2.41. The number of hydrogen-bond donors (Lipinski definition) is 1. The molecule has 1 saturated heterocycles. The highest BCUT2D eigenvalue weighted by Gasteiger charge is 2.44. The Morgan fingerprint density at radius 2 is 1.76 bits per heavy atom. The summed E-state index contributed by atoms with van der Waals surface area (Å²) in [6, 6.07) is 6.12. The largest absolute Gasteiger partial charge is 0.507 e. The fourth-order valence-corrected chi connectivity index (χ4v) is 5.34. The third-order valence-electron chi connectivity index (χ3n) is 7.40. The average Bonchev–Trinajstić information content (AvgIpc) is 2.92. The number of hydrogen-bond acceptors (Lipinski definition) is 7. The summed E-state index contributed by atoms with van der Waals surface area (Å²) in [6.45, 7) is 5.35. The van der Waals surface area contributed by atoms with Crippen LogP contribution in [0.25, 0.3) is 28.0 Å². The molecule has 13 heteroatoms. The number of nitrogens with zero attached hydrogens (tertiary/aromatic N) is 5. The number of alkyl halides is 3. The van der Waals surface area contributed by atoms with Crippen molar-refractivity contribution in [2.24, 2.45) is 5.92 Å². The number of rotatable bonds is 5. The van der Waals surface area contributed by atoms with Crippen LogP contribution < -0.4 is 10.6 Å². The second-order valence-electron chi connectivity index (χ2n) is 10.5. The number of phenolic OH excluding ortho intramolecular Hbond substituents is 1. The highest BCUT2D eigenvalue weighted by molar-refractivity contribution is 5.91. The van der Waals surface area contributed by atoms with Gasteiger partial charge < -0.3 is 10.0 Å². The summed E-state index contributed by atoms with van der Waals surface area (Å²) >= 11 is 0. The van der Waals surface area contributed by atoms with E-state index in [9.17, 15) is 32.3 Å². The lowest BCUT2D eigenvalue weighted by atomic mass is 9.92. The zero-order chi connectivity index (χ0) is 30.5. The zero-order valence-corrected chi connectivity index (χ0v) is 22.8. The van der Waals surface area contributed by atoms with Gasteiger partial charge in [-0.3, -0.25) is 9.78 Å². The van der Waals surface area contributed by atoms with Gasteiger partial charge in [0.05, 0.1) is 22.3 Å². The molecule has 0 unspecified atom stereocenters. The molecule has 42 heavy (non-hydrogen) atoms. The monoisotopic (exact) mass is 587 g/mol. The Balaban J connectivity index is 1.76. The van der Waals surface area contributed by atoms with Crippen LogP contribution in [0.15, 0.2) is 41.3 Å². The molecule has 0 atom stereocenters. The molecule has 1 aliphatic rings. The molecular formula is C29H26F5N5O3. The Hall–Kier alpha value is -4.42. The topological polar surface area (TPSA) is 101 Å². The molecule has 220 valence electrons. The van der Waals surface area contributed by atoms with E-state index >= 15 is 4.39 Å². The first-order chi connectivity index (χ1) is 19.8. The van der Waals surface area contributed by atoms with Crippen molar-refractivity contribution in [1.82, 2.24) is 19.5 Å². The van der Waals surface area contributed by atoms with E-state index in [1.54, 1.807) is 19.2 Å². The molecule has 4 aromatic rings. The summed E-state index contributed by atoms with van der Waals surface area (Å²) in [7, 11) is 0. The van der Waals surface area contributed by atoms with E-state index in [1.807, 2.05) is 13.8 Å². The van der Waals surface area contributed by atoms with Gasteiger partial charge in [0.1, 0.15) is 23.1 Å². The van der Waals surface area contributed by atoms with Gasteiger partial charge in [-0.1, -0.05) is 19.9 Å². The number of aryl methyl sites for hydroxylation is 1. The van der Waals surface area contributed by atoms with Crippen molar-refractivity contribution in [3.8, 4) is 22.7 Å². The van der Waals surface area contributed by atoms with Crippen LogP contribution in [-0.4, -0.2) is 49.7 Å². The van der Waals surface area contributed by atoms with Crippen LogP contribution in [0.3, 0.4) is 0 Å². The van der Waals surface area contributed by atoms with Crippen molar-refractivity contribution in [1.29, 1.82) is 0 Å². The molecule has 0 amide bonds. The Morgan fingerprint density at radius 1 is 1.07 bits per heavy atom. The van der Waals surface area contributed by atoms with Crippen LogP contribution in [0, 0.1) is 24.5 Å². The Kier molecular flexibility index (Phi) is 7.46. The fraction of sp³-hybridized carbons (Fsp3) is 0.345. The molecule has 0 spiro atoms. The molecule has 1 N–H and O–H groups in total. The molecule has 0 saturated carbocycles. The molecule has 5 rings (SSSR count). The molecule has 1 aromatic carbocycles. The number of ketones is 1. The number of piperidine rings is 1. The predicted molar refractivity (Wildman–Crippen MR) is 145 cm³/mol. The van der Waals surface area contributed by atoms with Crippen molar-refractivity contribution in [3.05, 3.63) is 69.9 Å². The first-order valence-corrected chi connectivity index (χ1v) is 13.2. The fourth-order valence-electron chi connectivity index (χ4n) is 5.34. The number of carbonyl (C=O) groups is 1. The smallest absolute Gasteiger partial charge is 0.450 e. The van der Waals surface area contributed by atoms with Gasteiger partial charge in [0.2, 0.25) is 5.78 Å². The van der Waals surface area contributed by atoms with Crippen molar-refractivity contribution in [2.45, 2.75) is 45.7 Å². The minimum absolute atomic E-state index is 0.0326. The lowest BCUT2D eigenvalue weighted by molar-refractivity contribution is -0.176. The number of carbonyl (C=O) groups excluding carboxylic acids is 1. The van der Waals surface area contributed by atoms with Crippen LogP contribution in [0.2, 0.25) is 0 Å². The average molecular weight is 588 g/mol. The van der Waals surface area contributed by atoms with Gasteiger partial charge in [-0.15, -0.1) is 0 Å². The molecule has 1 aliphatic heterocycles. The van der Waals surface area contributed by atoms with E-state index in [-0.39, 0.29) is 48.7 Å². The van der Waals surface area contributed by atoms with Gasteiger partial charge in [0.15, 0.2) is 11.5 Å². The Morgan fingerprint density at radius 3 is 2.38 bits per heavy atom. The van der Waals surface area contributed by atoms with E-state index in [0.29, 0.717) is 16.9 Å². The number of aromatic hydroxyl groups is 1. The van der Waals surface area contributed by atoms with Gasteiger partial charge in [0, 0.05) is 25.2 Å². The summed E-state index contributed by atoms with van der Waals surface area (Å²) in [5.41, 5.74) is -0.514. The first-order valence-electron chi connectivity index (χ1n) is 13.2. The molecule has 0 aliphatic carbocycles. The van der Waals surface area contributed by atoms with E-state index in [1.165, 1.54) is 17.0 Å². The number of anilines is 1. The third kappa shape index (κ3) is 5.07. The summed E-state index contributed by atoms with van der Waals surface area (Å²) in [5, 5.41) is 10.4. The second-order valence-corrected chi connectivity index (χ2v) is 10.5. The normalized spacial score (nSPS) is 14.6. The lowest BCUT2D eigenvalue weighted by Gasteiger charge is -2.33. The maximum Gasteiger partial charge on any atom is 0.450 e. The van der Waals surface area contributed by atoms with Crippen LogP contribution in [-0.2, 0) is 4.79 Å². The third-order valence-corrected chi connectivity index (χ3v) is 7.40. The number of benzene rings is 1.